The molecule has 0 aromatic carbocycles. The lowest BCUT2D eigenvalue weighted by atomic mass is 10.0. The normalized spacial score (nSPS) is 18.4. The minimum atomic E-state index is -1.48. The van der Waals surface area contributed by atoms with Crippen LogP contribution in [0, 0.1) is 5.92 Å². The van der Waals surface area contributed by atoms with Crippen LogP contribution in [-0.4, -0.2) is 82.6 Å². The van der Waals surface area contributed by atoms with Gasteiger partial charge in [0.05, 0.1) is 12.5 Å². The average molecular weight is 475 g/mol. The second-order valence-electron chi connectivity index (χ2n) is 8.18. The fourth-order valence-corrected chi connectivity index (χ4v) is 3.78. The maximum atomic E-state index is 12.8. The van der Waals surface area contributed by atoms with Crippen LogP contribution in [0.15, 0.2) is 0 Å². The molecule has 0 aromatic rings. The topological polar surface area (TPSA) is 174 Å². The van der Waals surface area contributed by atoms with Gasteiger partial charge in [-0.2, -0.15) is 11.8 Å². The molecule has 0 spiro atoms. The van der Waals surface area contributed by atoms with Crippen LogP contribution in [0.4, 0.5) is 0 Å². The molecule has 0 saturated carbocycles. The van der Waals surface area contributed by atoms with Gasteiger partial charge < -0.3 is 31.5 Å². The van der Waals surface area contributed by atoms with Crippen LogP contribution in [0.5, 0.6) is 0 Å². The first-order chi connectivity index (χ1) is 15.0. The van der Waals surface area contributed by atoms with E-state index in [9.17, 15) is 34.2 Å². The third kappa shape index (κ3) is 9.86. The minimum absolute atomic E-state index is 0.0285. The van der Waals surface area contributed by atoms with Gasteiger partial charge in [0.2, 0.25) is 17.7 Å². The maximum absolute atomic E-state index is 12.8. The Morgan fingerprint density at radius 3 is 2.12 bits per heavy atom. The smallest absolute Gasteiger partial charge is 0.326 e. The molecule has 1 heterocycles. The van der Waals surface area contributed by atoms with Crippen LogP contribution < -0.4 is 21.3 Å². The van der Waals surface area contributed by atoms with Crippen LogP contribution in [0.2, 0.25) is 0 Å². The number of aliphatic carboxylic acids is 2. The molecule has 6 N–H and O–H groups in total. The van der Waals surface area contributed by atoms with Crippen molar-refractivity contribution in [2.75, 3.05) is 18.6 Å². The molecule has 0 aromatic heterocycles. The second kappa shape index (κ2) is 13.9. The van der Waals surface area contributed by atoms with Crippen molar-refractivity contribution in [3.8, 4) is 0 Å². The van der Waals surface area contributed by atoms with Crippen molar-refractivity contribution < 1.29 is 34.2 Å². The summed E-state index contributed by atoms with van der Waals surface area (Å²) in [6.45, 7) is 4.29. The Labute approximate surface area is 191 Å². The molecule has 1 fully saturated rings. The molecule has 11 nitrogen and oxygen atoms in total. The third-order valence-electron chi connectivity index (χ3n) is 4.95. The highest BCUT2D eigenvalue weighted by Gasteiger charge is 2.32. The Bertz CT molecular complexity index is 683. The van der Waals surface area contributed by atoms with E-state index in [0.717, 1.165) is 6.42 Å². The summed E-state index contributed by atoms with van der Waals surface area (Å²) >= 11 is 1.47. The molecule has 1 rings (SSSR count). The standard InChI is InChI=1S/C20H34N4O7S/c1-11(2)9-15(20(30)31)24-19(29)14(10-16(25)26)23-18(28)13(6-8-32-3)22-17(27)12-5-4-7-21-12/h11-15,21H,4-10H2,1-3H3,(H,22,27)(H,23,28)(H,24,29)(H,25,26)(H,30,31). The van der Waals surface area contributed by atoms with Crippen molar-refractivity contribution in [2.45, 2.75) is 70.1 Å². The van der Waals surface area contributed by atoms with Gasteiger partial charge in [0, 0.05) is 0 Å². The summed E-state index contributed by atoms with van der Waals surface area (Å²) in [4.78, 5) is 60.6. The number of carboxylic acids is 2. The van der Waals surface area contributed by atoms with Crippen molar-refractivity contribution in [3.63, 3.8) is 0 Å². The Kier molecular flexibility index (Phi) is 12.1. The fraction of sp³-hybridized carbons (Fsp3) is 0.750. The SMILES string of the molecule is CSCCC(NC(=O)C1CCCN1)C(=O)NC(CC(=O)O)C(=O)NC(CC(C)C)C(=O)O. The van der Waals surface area contributed by atoms with E-state index in [4.69, 9.17) is 0 Å². The molecule has 3 amide bonds. The summed E-state index contributed by atoms with van der Waals surface area (Å²) < 4.78 is 0. The highest BCUT2D eigenvalue weighted by molar-refractivity contribution is 7.98. The average Bonchev–Trinajstić information content (AvgIpc) is 3.24. The summed E-state index contributed by atoms with van der Waals surface area (Å²) in [5.74, 6) is -3.97. The molecule has 1 aliphatic heterocycles. The number of carbonyl (C=O) groups excluding carboxylic acids is 3. The fourth-order valence-electron chi connectivity index (χ4n) is 3.31. The van der Waals surface area contributed by atoms with Crippen LogP contribution in [0.3, 0.4) is 0 Å². The highest BCUT2D eigenvalue weighted by Crippen LogP contribution is 2.09. The summed E-state index contributed by atoms with van der Waals surface area (Å²) in [5, 5.41) is 28.9. The van der Waals surface area contributed by atoms with E-state index in [1.165, 1.54) is 11.8 Å². The molecule has 4 atom stereocenters. The monoisotopic (exact) mass is 474 g/mol. The number of rotatable bonds is 14. The summed E-state index contributed by atoms with van der Waals surface area (Å²) in [7, 11) is 0. The van der Waals surface area contributed by atoms with E-state index in [1.54, 1.807) is 13.8 Å². The van der Waals surface area contributed by atoms with Gasteiger partial charge in [-0.15, -0.1) is 0 Å². The van der Waals surface area contributed by atoms with Gasteiger partial charge in [0.25, 0.3) is 0 Å². The zero-order chi connectivity index (χ0) is 24.3. The van der Waals surface area contributed by atoms with Gasteiger partial charge in [-0.1, -0.05) is 13.8 Å². The Balaban J connectivity index is 2.90. The zero-order valence-electron chi connectivity index (χ0n) is 18.7. The van der Waals surface area contributed by atoms with Crippen molar-refractivity contribution in [2.24, 2.45) is 5.92 Å². The van der Waals surface area contributed by atoms with Crippen LogP contribution in [0.25, 0.3) is 0 Å². The predicted molar refractivity (Wildman–Crippen MR) is 119 cm³/mol. The van der Waals surface area contributed by atoms with E-state index >= 15 is 0 Å². The number of hydrogen-bond acceptors (Lipinski definition) is 7. The molecule has 1 saturated heterocycles. The number of carbonyl (C=O) groups is 5. The molecule has 0 bridgehead atoms. The van der Waals surface area contributed by atoms with Crippen LogP contribution in [-0.2, 0) is 24.0 Å². The van der Waals surface area contributed by atoms with Crippen LogP contribution in [0.1, 0.15) is 46.0 Å². The lowest BCUT2D eigenvalue weighted by molar-refractivity contribution is -0.144. The number of hydrogen-bond donors (Lipinski definition) is 6. The van der Waals surface area contributed by atoms with Crippen LogP contribution >= 0.6 is 11.8 Å². The molecule has 32 heavy (non-hydrogen) atoms. The first-order valence-electron chi connectivity index (χ1n) is 10.6. The summed E-state index contributed by atoms with van der Waals surface area (Å²) in [6.07, 6.45) is 3.06. The maximum Gasteiger partial charge on any atom is 0.326 e. The van der Waals surface area contributed by atoms with Gasteiger partial charge in [0.15, 0.2) is 0 Å². The van der Waals surface area contributed by atoms with Gasteiger partial charge in [0.1, 0.15) is 18.1 Å². The van der Waals surface area contributed by atoms with Gasteiger partial charge in [-0.05, 0) is 50.2 Å². The van der Waals surface area contributed by atoms with Crippen molar-refractivity contribution in [3.05, 3.63) is 0 Å². The summed E-state index contributed by atoms with van der Waals surface area (Å²) in [6, 6.07) is -4.04. The Hall–Kier alpha value is -2.34. The first-order valence-corrected chi connectivity index (χ1v) is 12.0. The number of amides is 3. The van der Waals surface area contributed by atoms with Gasteiger partial charge >= 0.3 is 11.9 Å². The highest BCUT2D eigenvalue weighted by atomic mass is 32.2. The van der Waals surface area contributed by atoms with Crippen molar-refractivity contribution in [1.29, 1.82) is 0 Å². The molecule has 0 aliphatic carbocycles. The van der Waals surface area contributed by atoms with E-state index < -0.39 is 54.3 Å². The molecular formula is C20H34N4O7S. The van der Waals surface area contributed by atoms with Gasteiger partial charge in [-0.25, -0.2) is 4.79 Å². The molecule has 1 aliphatic rings. The molecular weight excluding hydrogens is 440 g/mol. The van der Waals surface area contributed by atoms with Crippen molar-refractivity contribution >= 4 is 41.4 Å². The van der Waals surface area contributed by atoms with E-state index in [2.05, 4.69) is 21.3 Å². The second-order valence-corrected chi connectivity index (χ2v) is 9.17. The molecule has 182 valence electrons. The lowest BCUT2D eigenvalue weighted by Crippen LogP contribution is -2.57. The van der Waals surface area contributed by atoms with Gasteiger partial charge in [-0.3, -0.25) is 19.2 Å². The Morgan fingerprint density at radius 2 is 1.62 bits per heavy atom. The molecule has 12 heteroatoms. The zero-order valence-corrected chi connectivity index (χ0v) is 19.5. The minimum Gasteiger partial charge on any atom is -0.481 e. The van der Waals surface area contributed by atoms with E-state index in [0.29, 0.717) is 18.7 Å². The number of carboxylic acid groups (broad SMARTS) is 2. The quantitative estimate of drug-likeness (QED) is 0.195. The first kappa shape index (κ1) is 27.7. The Morgan fingerprint density at radius 1 is 1.00 bits per heavy atom. The van der Waals surface area contributed by atoms with Crippen molar-refractivity contribution in [1.82, 2.24) is 21.3 Å². The number of nitrogens with one attached hydrogen (secondary N) is 4. The van der Waals surface area contributed by atoms with E-state index in [-0.39, 0.29) is 24.7 Å². The number of thioether (sulfide) groups is 1. The summed E-state index contributed by atoms with van der Waals surface area (Å²) in [5.41, 5.74) is 0. The molecule has 4 unspecified atom stereocenters. The van der Waals surface area contributed by atoms with E-state index in [1.807, 2.05) is 6.26 Å². The predicted octanol–water partition coefficient (Wildman–Crippen LogP) is -0.449. The third-order valence-corrected chi connectivity index (χ3v) is 5.60. The largest absolute Gasteiger partial charge is 0.481 e. The molecule has 0 radical (unpaired) electrons. The lowest BCUT2D eigenvalue weighted by Gasteiger charge is -2.25.